The molecule has 1 aliphatic heterocycles. The topological polar surface area (TPSA) is 58.6 Å². The Morgan fingerprint density at radius 3 is 2.41 bits per heavy atom. The highest BCUT2D eigenvalue weighted by Gasteiger charge is 2.42. The van der Waals surface area contributed by atoms with Gasteiger partial charge in [-0.15, -0.1) is 0 Å². The van der Waals surface area contributed by atoms with Gasteiger partial charge < -0.3 is 10.1 Å². The van der Waals surface area contributed by atoms with E-state index in [2.05, 4.69) is 5.32 Å². The lowest BCUT2D eigenvalue weighted by atomic mass is 10.0. The van der Waals surface area contributed by atoms with Crippen molar-refractivity contribution in [2.24, 2.45) is 0 Å². The number of anilines is 2. The minimum atomic E-state index is -0.486. The molecule has 32 heavy (non-hydrogen) atoms. The Bertz CT molecular complexity index is 1280. The highest BCUT2D eigenvalue weighted by atomic mass is 35.5. The summed E-state index contributed by atoms with van der Waals surface area (Å²) >= 11 is 12.5. The van der Waals surface area contributed by atoms with E-state index in [9.17, 15) is 9.59 Å². The van der Waals surface area contributed by atoms with Crippen LogP contribution in [0.2, 0.25) is 10.0 Å². The molecule has 1 N–H and O–H groups in total. The van der Waals surface area contributed by atoms with E-state index in [4.69, 9.17) is 27.9 Å². The minimum Gasteiger partial charge on any atom is -0.496 e. The Morgan fingerprint density at radius 1 is 0.906 bits per heavy atom. The van der Waals surface area contributed by atoms with Crippen LogP contribution in [0.4, 0.5) is 11.4 Å². The van der Waals surface area contributed by atoms with Crippen LogP contribution in [0.25, 0.3) is 5.57 Å². The molecule has 4 rings (SSSR count). The maximum absolute atomic E-state index is 13.7. The molecule has 3 aromatic carbocycles. The van der Waals surface area contributed by atoms with E-state index in [0.717, 1.165) is 16.0 Å². The Kier molecular flexibility index (Phi) is 5.96. The molecule has 7 heteroatoms. The van der Waals surface area contributed by atoms with Gasteiger partial charge in [0, 0.05) is 21.3 Å². The van der Waals surface area contributed by atoms with Crippen LogP contribution in [0.1, 0.15) is 16.7 Å². The summed E-state index contributed by atoms with van der Waals surface area (Å²) in [7, 11) is 1.52. The molecule has 162 valence electrons. The molecule has 0 atom stereocenters. The smallest absolute Gasteiger partial charge is 0.282 e. The van der Waals surface area contributed by atoms with E-state index in [1.165, 1.54) is 7.11 Å². The molecule has 3 aromatic rings. The van der Waals surface area contributed by atoms with Crippen LogP contribution in [-0.4, -0.2) is 18.9 Å². The second-order valence-corrected chi connectivity index (χ2v) is 8.21. The number of hydrogen-bond donors (Lipinski definition) is 1. The average molecular weight is 467 g/mol. The van der Waals surface area contributed by atoms with Gasteiger partial charge in [0.15, 0.2) is 0 Å². The van der Waals surface area contributed by atoms with Crippen LogP contribution in [0, 0.1) is 13.8 Å². The molecule has 5 nitrogen and oxygen atoms in total. The van der Waals surface area contributed by atoms with Crippen molar-refractivity contribution < 1.29 is 14.3 Å². The number of carbonyl (C=O) groups excluding carboxylic acids is 2. The molecule has 0 spiro atoms. The van der Waals surface area contributed by atoms with Crippen molar-refractivity contribution in [1.29, 1.82) is 0 Å². The minimum absolute atomic E-state index is 0.143. The highest BCUT2D eigenvalue weighted by Crippen LogP contribution is 2.39. The van der Waals surface area contributed by atoms with Crippen molar-refractivity contribution in [3.05, 3.63) is 93.1 Å². The Labute approximate surface area is 196 Å². The van der Waals surface area contributed by atoms with Crippen LogP contribution in [0.15, 0.2) is 66.4 Å². The SMILES string of the molecule is COc1ccccc1C1=C(Nc2cccc(Cl)c2C)C(=O)N(c2cc(Cl)ccc2C)C1=O. The first-order valence-electron chi connectivity index (χ1n) is 9.88. The molecule has 2 amide bonds. The average Bonchev–Trinajstić information content (AvgIpc) is 3.02. The number of methoxy groups -OCH3 is 1. The summed E-state index contributed by atoms with van der Waals surface area (Å²) in [5.41, 5.74) is 3.44. The van der Waals surface area contributed by atoms with Crippen molar-refractivity contribution in [3.8, 4) is 5.75 Å². The van der Waals surface area contributed by atoms with Gasteiger partial charge in [0.1, 0.15) is 11.4 Å². The van der Waals surface area contributed by atoms with Crippen molar-refractivity contribution in [1.82, 2.24) is 0 Å². The molecule has 0 saturated carbocycles. The fourth-order valence-electron chi connectivity index (χ4n) is 3.67. The number of hydrogen-bond acceptors (Lipinski definition) is 4. The van der Waals surface area contributed by atoms with Gasteiger partial charge in [0.25, 0.3) is 11.8 Å². The summed E-state index contributed by atoms with van der Waals surface area (Å²) in [5, 5.41) is 4.14. The van der Waals surface area contributed by atoms with E-state index < -0.39 is 11.8 Å². The zero-order valence-corrected chi connectivity index (χ0v) is 19.2. The normalized spacial score (nSPS) is 13.7. The number of amides is 2. The molecule has 1 heterocycles. The fourth-order valence-corrected chi connectivity index (χ4v) is 4.01. The summed E-state index contributed by atoms with van der Waals surface area (Å²) in [6.07, 6.45) is 0. The van der Waals surface area contributed by atoms with Crippen LogP contribution in [-0.2, 0) is 9.59 Å². The van der Waals surface area contributed by atoms with Crippen LogP contribution in [0.5, 0.6) is 5.75 Å². The molecule has 0 aromatic heterocycles. The van der Waals surface area contributed by atoms with E-state index in [0.29, 0.717) is 32.7 Å². The molecule has 0 bridgehead atoms. The van der Waals surface area contributed by atoms with E-state index in [1.807, 2.05) is 13.8 Å². The van der Waals surface area contributed by atoms with Crippen molar-refractivity contribution in [2.45, 2.75) is 13.8 Å². The number of rotatable bonds is 5. The summed E-state index contributed by atoms with van der Waals surface area (Å²) in [6.45, 7) is 3.66. The van der Waals surface area contributed by atoms with E-state index in [1.54, 1.807) is 60.7 Å². The number of benzene rings is 3. The Balaban J connectivity index is 1.92. The molecule has 0 saturated heterocycles. The standard InChI is InChI=1S/C25H20Cl2N2O3/c1-14-11-12-16(26)13-20(14)29-24(30)22(17-7-4-5-10-21(17)32-3)23(25(29)31)28-19-9-6-8-18(27)15(19)2/h4-13,28H,1-3H3. The molecule has 0 aliphatic carbocycles. The zero-order valence-electron chi connectivity index (χ0n) is 17.7. The molecule has 0 radical (unpaired) electrons. The number of ether oxygens (including phenoxy) is 1. The lowest BCUT2D eigenvalue weighted by Gasteiger charge is -2.18. The van der Waals surface area contributed by atoms with Gasteiger partial charge in [0.05, 0.1) is 18.4 Å². The number of halogens is 2. The van der Waals surface area contributed by atoms with Crippen LogP contribution in [0.3, 0.4) is 0 Å². The van der Waals surface area contributed by atoms with Gasteiger partial charge in [-0.1, -0.05) is 53.5 Å². The number of imide groups is 1. The maximum Gasteiger partial charge on any atom is 0.282 e. The van der Waals surface area contributed by atoms with Crippen LogP contribution < -0.4 is 15.0 Å². The third-order valence-corrected chi connectivity index (χ3v) is 6.04. The van der Waals surface area contributed by atoms with E-state index >= 15 is 0 Å². The first-order chi connectivity index (χ1) is 15.3. The first-order valence-corrected chi connectivity index (χ1v) is 10.6. The fraction of sp³-hybridized carbons (Fsp3) is 0.120. The van der Waals surface area contributed by atoms with Gasteiger partial charge in [-0.05, 0) is 55.3 Å². The number of carbonyl (C=O) groups is 2. The molecule has 1 aliphatic rings. The predicted octanol–water partition coefficient (Wildman–Crippen LogP) is 6.02. The van der Waals surface area contributed by atoms with Crippen LogP contribution >= 0.6 is 23.2 Å². The lowest BCUT2D eigenvalue weighted by Crippen LogP contribution is -2.33. The van der Waals surface area contributed by atoms with Gasteiger partial charge in [-0.25, -0.2) is 4.90 Å². The molecule has 0 fully saturated rings. The second kappa shape index (κ2) is 8.69. The monoisotopic (exact) mass is 466 g/mol. The quantitative estimate of drug-likeness (QED) is 0.467. The van der Waals surface area contributed by atoms with Crippen molar-refractivity contribution in [3.63, 3.8) is 0 Å². The van der Waals surface area contributed by atoms with Gasteiger partial charge in [-0.3, -0.25) is 9.59 Å². The molecule has 0 unspecified atom stereocenters. The van der Waals surface area contributed by atoms with Crippen molar-refractivity contribution >= 4 is 52.0 Å². The van der Waals surface area contributed by atoms with Gasteiger partial charge >= 0.3 is 0 Å². The number of nitrogens with zero attached hydrogens (tertiary/aromatic N) is 1. The molecular weight excluding hydrogens is 447 g/mol. The third kappa shape index (κ3) is 3.74. The third-order valence-electron chi connectivity index (χ3n) is 5.40. The Morgan fingerprint density at radius 2 is 1.66 bits per heavy atom. The van der Waals surface area contributed by atoms with Crippen molar-refractivity contribution in [2.75, 3.05) is 17.3 Å². The summed E-state index contributed by atoms with van der Waals surface area (Å²) in [5.74, 6) is -0.469. The largest absolute Gasteiger partial charge is 0.496 e. The summed E-state index contributed by atoms with van der Waals surface area (Å²) in [6, 6.07) is 17.5. The maximum atomic E-state index is 13.7. The Hall–Kier alpha value is -3.28. The molecular formula is C25H20Cl2N2O3. The number of nitrogens with one attached hydrogen (secondary N) is 1. The second-order valence-electron chi connectivity index (χ2n) is 7.36. The number of para-hydroxylation sites is 1. The summed E-state index contributed by atoms with van der Waals surface area (Å²) < 4.78 is 5.48. The highest BCUT2D eigenvalue weighted by molar-refractivity contribution is 6.47. The zero-order chi connectivity index (χ0) is 23.0. The lowest BCUT2D eigenvalue weighted by molar-refractivity contribution is -0.120. The predicted molar refractivity (Wildman–Crippen MR) is 128 cm³/mol. The first kappa shape index (κ1) is 21.9. The van der Waals surface area contributed by atoms with E-state index in [-0.39, 0.29) is 11.3 Å². The van der Waals surface area contributed by atoms with Gasteiger partial charge in [0.2, 0.25) is 0 Å². The number of aryl methyl sites for hydroxylation is 1. The van der Waals surface area contributed by atoms with Gasteiger partial charge in [-0.2, -0.15) is 0 Å². The summed E-state index contributed by atoms with van der Waals surface area (Å²) in [4.78, 5) is 28.5.